The second kappa shape index (κ2) is 14.1. The van der Waals surface area contributed by atoms with Gasteiger partial charge >= 0.3 is 23.9 Å². The van der Waals surface area contributed by atoms with Gasteiger partial charge in [-0.3, -0.25) is 33.6 Å². The van der Waals surface area contributed by atoms with Crippen LogP contribution in [0.3, 0.4) is 0 Å². The molecule has 3 aromatic rings. The Morgan fingerprint density at radius 3 is 1.90 bits per heavy atom. The number of fused-ring (bicyclic) bond motifs is 3. The number of benzene rings is 3. The van der Waals surface area contributed by atoms with Gasteiger partial charge in [0.05, 0.1) is 16.7 Å². The number of carbonyl (C=O) groups excluding carboxylic acids is 6. The monoisotopic (exact) mass is 696 g/mol. The molecule has 6 rings (SSSR count). The first-order valence-electron chi connectivity index (χ1n) is 15.3. The number of allylic oxidation sites excluding steroid dienone is 3. The molecule has 51 heavy (non-hydrogen) atoms. The number of aliphatic hydroxyl groups excluding tert-OH is 2. The number of carboxylic acid groups (broad SMARTS) is 2. The van der Waals surface area contributed by atoms with Gasteiger partial charge in [0, 0.05) is 48.1 Å². The molecule has 14 nitrogen and oxygen atoms in total. The standard InChI is InChI=1S/C20H14O9.C17H14O5/c1-8(21)28-13-5-3-4-11-15(13)19(25)16-12(18(11)24)6-10(17(23)20(26)27)7-14(16)29-9(2)22;18-13(19)8-6-9-5-7-12-14(15(9)20)17(22)11-4-2-1-3-10(11)16(12)21/h3-7,17,23H,1-2H3,(H,26,27);1-4,20H,5-8H2,(H,18,19). The molecule has 3 aliphatic rings. The highest BCUT2D eigenvalue weighted by atomic mass is 16.5. The summed E-state index contributed by atoms with van der Waals surface area (Å²) >= 11 is 0. The Balaban J connectivity index is 0.000000205. The molecule has 0 amide bonds. The van der Waals surface area contributed by atoms with Crippen LogP contribution < -0.4 is 9.47 Å². The maximum absolute atomic E-state index is 13.2. The third kappa shape index (κ3) is 6.85. The minimum absolute atomic E-state index is 0.0512. The van der Waals surface area contributed by atoms with Gasteiger partial charge in [-0.05, 0) is 48.6 Å². The zero-order valence-corrected chi connectivity index (χ0v) is 27.0. The Hall–Kier alpha value is -6.54. The van der Waals surface area contributed by atoms with Gasteiger partial charge in [-0.1, -0.05) is 36.4 Å². The number of hydrogen-bond donors (Lipinski definition) is 4. The highest BCUT2D eigenvalue weighted by molar-refractivity contribution is 6.31. The fraction of sp³-hybridized carbons (Fsp3) is 0.189. The van der Waals surface area contributed by atoms with E-state index in [0.717, 1.165) is 26.0 Å². The van der Waals surface area contributed by atoms with Crippen molar-refractivity contribution in [2.75, 3.05) is 0 Å². The van der Waals surface area contributed by atoms with Gasteiger partial charge in [0.2, 0.25) is 5.78 Å². The first-order valence-corrected chi connectivity index (χ1v) is 15.3. The van der Waals surface area contributed by atoms with Crippen molar-refractivity contribution >= 4 is 47.0 Å². The predicted molar refractivity (Wildman–Crippen MR) is 173 cm³/mol. The minimum Gasteiger partial charge on any atom is -0.507 e. The predicted octanol–water partition coefficient (Wildman–Crippen LogP) is 4.26. The third-order valence-electron chi connectivity index (χ3n) is 8.26. The molecule has 0 aliphatic heterocycles. The Morgan fingerprint density at radius 1 is 0.706 bits per heavy atom. The summed E-state index contributed by atoms with van der Waals surface area (Å²) in [6.07, 6.45) is -1.18. The summed E-state index contributed by atoms with van der Waals surface area (Å²) in [7, 11) is 0. The summed E-state index contributed by atoms with van der Waals surface area (Å²) in [5.41, 5.74) is 0.545. The van der Waals surface area contributed by atoms with E-state index in [1.165, 1.54) is 18.2 Å². The number of aliphatic hydroxyl groups is 2. The van der Waals surface area contributed by atoms with Crippen LogP contribution in [0.15, 0.2) is 77.1 Å². The van der Waals surface area contributed by atoms with Gasteiger partial charge in [0.1, 0.15) is 17.3 Å². The van der Waals surface area contributed by atoms with Crippen molar-refractivity contribution in [1.29, 1.82) is 0 Å². The zero-order chi connectivity index (χ0) is 37.3. The van der Waals surface area contributed by atoms with Crippen LogP contribution in [0.5, 0.6) is 11.5 Å². The number of hydrogen-bond acceptors (Lipinski definition) is 12. The smallest absolute Gasteiger partial charge is 0.337 e. The normalized spacial score (nSPS) is 15.0. The van der Waals surface area contributed by atoms with Gasteiger partial charge in [0.25, 0.3) is 0 Å². The van der Waals surface area contributed by atoms with Crippen molar-refractivity contribution in [2.45, 2.75) is 45.6 Å². The summed E-state index contributed by atoms with van der Waals surface area (Å²) in [6.45, 7) is 2.19. The van der Waals surface area contributed by atoms with Crippen LogP contribution in [0.4, 0.5) is 0 Å². The number of aliphatic carboxylic acids is 2. The quantitative estimate of drug-likeness (QED) is 0.156. The Kier molecular flexibility index (Phi) is 9.91. The van der Waals surface area contributed by atoms with E-state index in [2.05, 4.69) is 0 Å². The molecule has 4 N–H and O–H groups in total. The molecule has 0 radical (unpaired) electrons. The lowest BCUT2D eigenvalue weighted by molar-refractivity contribution is -0.147. The van der Waals surface area contributed by atoms with E-state index >= 15 is 0 Å². The lowest BCUT2D eigenvalue weighted by Gasteiger charge is -2.26. The Bertz CT molecular complexity index is 2170. The lowest BCUT2D eigenvalue weighted by atomic mass is 9.77. The van der Waals surface area contributed by atoms with E-state index in [1.54, 1.807) is 24.3 Å². The van der Waals surface area contributed by atoms with Crippen molar-refractivity contribution in [3.63, 3.8) is 0 Å². The van der Waals surface area contributed by atoms with Crippen LogP contribution in [0, 0.1) is 0 Å². The summed E-state index contributed by atoms with van der Waals surface area (Å²) in [6, 6.07) is 12.7. The summed E-state index contributed by atoms with van der Waals surface area (Å²) in [4.78, 5) is 95.9. The van der Waals surface area contributed by atoms with Gasteiger partial charge in [-0.15, -0.1) is 0 Å². The summed E-state index contributed by atoms with van der Waals surface area (Å²) in [5, 5.41) is 38.0. The number of Topliss-reactive ketones (excluding diaryl/α,β-unsaturated/α-hetero) is 2. The Labute approximate surface area is 288 Å². The van der Waals surface area contributed by atoms with E-state index in [0.29, 0.717) is 29.6 Å². The SMILES string of the molecule is CC(=O)Oc1cccc2c1C(=O)c1c(OC(C)=O)cc(C(O)C(=O)O)cc1C2=O.O=C(O)CCC1=C(O)C2=C(CC1)C(=O)c1ccccc1C2=O. The highest BCUT2D eigenvalue weighted by Gasteiger charge is 2.38. The van der Waals surface area contributed by atoms with Crippen molar-refractivity contribution in [3.05, 3.63) is 116 Å². The number of rotatable bonds is 7. The molecule has 0 spiro atoms. The third-order valence-corrected chi connectivity index (χ3v) is 8.26. The summed E-state index contributed by atoms with van der Waals surface area (Å²) < 4.78 is 10.0. The van der Waals surface area contributed by atoms with E-state index in [9.17, 15) is 48.6 Å². The highest BCUT2D eigenvalue weighted by Crippen LogP contribution is 2.40. The Morgan fingerprint density at radius 2 is 1.29 bits per heavy atom. The second-order valence-corrected chi connectivity index (χ2v) is 11.6. The molecule has 3 aromatic carbocycles. The molecule has 1 unspecified atom stereocenters. The molecule has 0 fully saturated rings. The van der Waals surface area contributed by atoms with E-state index < -0.39 is 41.5 Å². The zero-order valence-electron chi connectivity index (χ0n) is 27.0. The maximum Gasteiger partial charge on any atom is 0.337 e. The molecule has 14 heteroatoms. The number of ketones is 4. The van der Waals surface area contributed by atoms with E-state index in [1.807, 2.05) is 0 Å². The van der Waals surface area contributed by atoms with Crippen molar-refractivity contribution in [3.8, 4) is 11.5 Å². The molecule has 3 aliphatic carbocycles. The average Bonchev–Trinajstić information content (AvgIpc) is 3.08. The molecule has 0 aromatic heterocycles. The number of ether oxygens (including phenoxy) is 2. The van der Waals surface area contributed by atoms with Gasteiger partial charge in [-0.2, -0.15) is 0 Å². The van der Waals surface area contributed by atoms with Gasteiger partial charge in [0.15, 0.2) is 23.5 Å². The van der Waals surface area contributed by atoms with Crippen LogP contribution in [0.2, 0.25) is 0 Å². The minimum atomic E-state index is -2.01. The molecule has 0 saturated heterocycles. The van der Waals surface area contributed by atoms with Crippen LogP contribution in [-0.4, -0.2) is 67.4 Å². The van der Waals surface area contributed by atoms with Crippen molar-refractivity contribution < 1.29 is 68.3 Å². The molecular weight excluding hydrogens is 668 g/mol. The molecule has 0 bridgehead atoms. The number of carboxylic acids is 2. The van der Waals surface area contributed by atoms with Crippen LogP contribution >= 0.6 is 0 Å². The summed E-state index contributed by atoms with van der Waals surface area (Å²) in [5.74, 6) is -6.84. The largest absolute Gasteiger partial charge is 0.507 e. The molecule has 0 heterocycles. The first kappa shape index (κ1) is 35.8. The number of carbonyl (C=O) groups is 8. The van der Waals surface area contributed by atoms with E-state index in [-0.39, 0.29) is 80.6 Å². The fourth-order valence-corrected chi connectivity index (χ4v) is 6.04. The molecule has 0 saturated carbocycles. The second-order valence-electron chi connectivity index (χ2n) is 11.6. The maximum atomic E-state index is 13.2. The first-order chi connectivity index (χ1) is 24.1. The van der Waals surface area contributed by atoms with Crippen molar-refractivity contribution in [1.82, 2.24) is 0 Å². The lowest BCUT2D eigenvalue weighted by Crippen LogP contribution is -2.26. The van der Waals surface area contributed by atoms with Gasteiger partial charge < -0.3 is 29.9 Å². The average molecular weight is 697 g/mol. The van der Waals surface area contributed by atoms with Crippen LogP contribution in [0.1, 0.15) is 104 Å². The van der Waals surface area contributed by atoms with Crippen LogP contribution in [-0.2, 0) is 19.2 Å². The topological polar surface area (TPSA) is 236 Å². The van der Waals surface area contributed by atoms with Crippen LogP contribution in [0.25, 0.3) is 0 Å². The number of esters is 2. The van der Waals surface area contributed by atoms with Crippen molar-refractivity contribution in [2.24, 2.45) is 0 Å². The molecule has 1 atom stereocenters. The van der Waals surface area contributed by atoms with E-state index in [4.69, 9.17) is 19.7 Å². The fourth-order valence-electron chi connectivity index (χ4n) is 6.04. The molecule has 260 valence electrons. The van der Waals surface area contributed by atoms with Gasteiger partial charge in [-0.25, -0.2) is 4.79 Å². The molecular formula is C37H28O14.